The molecule has 0 radical (unpaired) electrons. The summed E-state index contributed by atoms with van der Waals surface area (Å²) in [7, 11) is 0. The fraction of sp³-hybridized carbons (Fsp3) is 0.222. The molecule has 2 aliphatic rings. The number of carbonyl (C=O) groups excluding carboxylic acids is 2. The molecule has 8 heteroatoms. The van der Waals surface area contributed by atoms with Crippen molar-refractivity contribution in [1.29, 1.82) is 0 Å². The van der Waals surface area contributed by atoms with Crippen molar-refractivity contribution < 1.29 is 29.0 Å². The largest absolute Gasteiger partial charge is 0.480 e. The molecular weight excluding hydrogens is 484 g/mol. The van der Waals surface area contributed by atoms with E-state index in [0.717, 1.165) is 11.1 Å². The molecule has 2 aliphatic heterocycles. The Labute approximate surface area is 210 Å². The number of carboxylic acids is 1. The Kier molecular flexibility index (Phi) is 6.02. The van der Waals surface area contributed by atoms with Crippen LogP contribution in [0.5, 0.6) is 5.75 Å². The van der Waals surface area contributed by atoms with Crippen LogP contribution in [0.3, 0.4) is 0 Å². The second-order valence-electron chi connectivity index (χ2n) is 8.27. The molecule has 35 heavy (non-hydrogen) atoms. The number of thiophene rings is 1. The van der Waals surface area contributed by atoms with Crippen LogP contribution < -0.4 is 4.74 Å². The van der Waals surface area contributed by atoms with Gasteiger partial charge >= 0.3 is 11.9 Å². The van der Waals surface area contributed by atoms with Crippen molar-refractivity contribution in [2.75, 3.05) is 12.4 Å². The molecule has 5 rings (SSSR count). The molecule has 1 N–H and O–H groups in total. The number of aliphatic carboxylic acids is 1. The molecule has 6 nitrogen and oxygen atoms in total. The lowest BCUT2D eigenvalue weighted by molar-refractivity contribution is -0.149. The highest BCUT2D eigenvalue weighted by atomic mass is 32.2. The zero-order chi connectivity index (χ0) is 24.6. The Hall–Kier alpha value is -3.36. The van der Waals surface area contributed by atoms with E-state index in [-0.39, 0.29) is 12.4 Å². The van der Waals surface area contributed by atoms with Crippen LogP contribution in [0.1, 0.15) is 39.5 Å². The molecule has 2 aromatic carbocycles. The van der Waals surface area contributed by atoms with E-state index in [1.807, 2.05) is 41.1 Å². The topological polar surface area (TPSA) is 89.9 Å². The van der Waals surface area contributed by atoms with Gasteiger partial charge in [-0.25, -0.2) is 4.79 Å². The maximum atomic E-state index is 13.7. The van der Waals surface area contributed by atoms with Gasteiger partial charge in [-0.2, -0.15) is 11.3 Å². The van der Waals surface area contributed by atoms with Crippen LogP contribution in [0, 0.1) is 0 Å². The van der Waals surface area contributed by atoms with Crippen LogP contribution in [-0.2, 0) is 30.9 Å². The molecule has 2 unspecified atom stereocenters. The Bertz CT molecular complexity index is 1330. The van der Waals surface area contributed by atoms with Gasteiger partial charge in [0, 0.05) is 0 Å². The third kappa shape index (κ3) is 3.43. The van der Waals surface area contributed by atoms with Gasteiger partial charge < -0.3 is 14.6 Å². The van der Waals surface area contributed by atoms with Gasteiger partial charge in [0.1, 0.15) is 5.75 Å². The van der Waals surface area contributed by atoms with Gasteiger partial charge in [0.05, 0.1) is 28.9 Å². The predicted octanol–water partition coefficient (Wildman–Crippen LogP) is 4.96. The summed E-state index contributed by atoms with van der Waals surface area (Å²) in [5.41, 5.74) is 1.11. The number of hydrogen-bond donors (Lipinski definition) is 1. The van der Waals surface area contributed by atoms with Crippen LogP contribution in [0.4, 0.5) is 0 Å². The average Bonchev–Trinajstić information content (AvgIpc) is 3.51. The maximum absolute atomic E-state index is 13.7. The third-order valence-corrected chi connectivity index (χ3v) is 8.85. The lowest BCUT2D eigenvalue weighted by atomic mass is 9.62. The van der Waals surface area contributed by atoms with E-state index in [4.69, 9.17) is 9.47 Å². The molecule has 0 bridgehead atoms. The smallest absolute Gasteiger partial charge is 0.338 e. The molecule has 1 saturated heterocycles. The first-order valence-corrected chi connectivity index (χ1v) is 13.0. The van der Waals surface area contributed by atoms with Crippen molar-refractivity contribution in [3.63, 3.8) is 0 Å². The summed E-state index contributed by atoms with van der Waals surface area (Å²) in [6, 6.07) is 13.7. The number of fused-ring (bicyclic) bond motifs is 1. The van der Waals surface area contributed by atoms with Gasteiger partial charge in [-0.3, -0.25) is 9.59 Å². The number of Topliss-reactive ketones (excluding diaryl/α,β-unsaturated/α-hetero) is 1. The lowest BCUT2D eigenvalue weighted by Gasteiger charge is -2.42. The highest BCUT2D eigenvalue weighted by molar-refractivity contribution is 8.01. The van der Waals surface area contributed by atoms with E-state index >= 15 is 0 Å². The van der Waals surface area contributed by atoms with E-state index in [0.29, 0.717) is 28.9 Å². The van der Waals surface area contributed by atoms with Gasteiger partial charge in [0.2, 0.25) is 0 Å². The number of ether oxygens (including phenoxy) is 2. The van der Waals surface area contributed by atoms with Crippen LogP contribution in [0.15, 0.2) is 71.6 Å². The lowest BCUT2D eigenvalue weighted by Crippen LogP contribution is -2.54. The number of benzene rings is 2. The molecule has 0 spiro atoms. The van der Waals surface area contributed by atoms with E-state index < -0.39 is 27.9 Å². The molecule has 1 aromatic heterocycles. The van der Waals surface area contributed by atoms with E-state index in [1.54, 1.807) is 25.3 Å². The van der Waals surface area contributed by atoms with Crippen molar-refractivity contribution in [3.8, 4) is 5.75 Å². The van der Waals surface area contributed by atoms with Crippen LogP contribution in [0.2, 0.25) is 0 Å². The quantitative estimate of drug-likeness (QED) is 0.373. The van der Waals surface area contributed by atoms with Crippen molar-refractivity contribution >= 4 is 40.8 Å². The summed E-state index contributed by atoms with van der Waals surface area (Å²) >= 11 is 2.77. The summed E-state index contributed by atoms with van der Waals surface area (Å²) in [4.78, 5) is 39.2. The molecule has 3 aromatic rings. The van der Waals surface area contributed by atoms with E-state index in [1.165, 1.54) is 35.2 Å². The minimum absolute atomic E-state index is 0.0274. The fourth-order valence-electron chi connectivity index (χ4n) is 4.99. The predicted molar refractivity (Wildman–Crippen MR) is 134 cm³/mol. The van der Waals surface area contributed by atoms with Crippen LogP contribution in [-0.4, -0.2) is 35.2 Å². The zero-order valence-electron chi connectivity index (χ0n) is 18.9. The molecular formula is C27H22O6S2. The van der Waals surface area contributed by atoms with Gasteiger partial charge in [-0.1, -0.05) is 24.3 Å². The normalized spacial score (nSPS) is 22.9. The van der Waals surface area contributed by atoms with Crippen molar-refractivity contribution in [2.45, 2.75) is 23.5 Å². The Balaban J connectivity index is 1.76. The maximum Gasteiger partial charge on any atom is 0.338 e. The van der Waals surface area contributed by atoms with Crippen LogP contribution >= 0.6 is 23.1 Å². The minimum atomic E-state index is -1.91. The highest BCUT2D eigenvalue weighted by Gasteiger charge is 2.68. The molecule has 0 aliphatic carbocycles. The summed E-state index contributed by atoms with van der Waals surface area (Å²) < 4.78 is 9.57. The van der Waals surface area contributed by atoms with Gasteiger partial charge in [-0.05, 0) is 76.7 Å². The first kappa shape index (κ1) is 23.4. The molecule has 0 amide bonds. The van der Waals surface area contributed by atoms with E-state index in [2.05, 4.69) is 0 Å². The van der Waals surface area contributed by atoms with Crippen molar-refractivity contribution in [1.82, 2.24) is 0 Å². The Morgan fingerprint density at radius 3 is 2.54 bits per heavy atom. The second kappa shape index (κ2) is 9.02. The first-order chi connectivity index (χ1) is 16.9. The van der Waals surface area contributed by atoms with Crippen molar-refractivity contribution in [3.05, 3.63) is 99.4 Å². The number of carbonyl (C=O) groups is 3. The second-order valence-corrected chi connectivity index (χ2v) is 10.2. The summed E-state index contributed by atoms with van der Waals surface area (Å²) in [6.45, 7) is 1.94. The summed E-state index contributed by atoms with van der Waals surface area (Å²) in [6.07, 6.45) is 4.25. The standard InChI is InChI=1S/C27H22O6S2/c1-2-32-24(29)18-6-8-19(9-7-18)26(25(30)31)23(28)16-35-27(26,21-11-13-34-15-21)20-10-5-17-4-3-12-33-22(17)14-20/h3,5-15H,2,4,16H2,1H3,(H,30,31). The zero-order valence-corrected chi connectivity index (χ0v) is 20.5. The third-order valence-electron chi connectivity index (χ3n) is 6.55. The Morgan fingerprint density at radius 2 is 1.86 bits per heavy atom. The number of thioether (sulfide) groups is 1. The monoisotopic (exact) mass is 506 g/mol. The van der Waals surface area contributed by atoms with Gasteiger partial charge in [-0.15, -0.1) is 11.8 Å². The molecule has 178 valence electrons. The molecule has 0 saturated carbocycles. The van der Waals surface area contributed by atoms with Gasteiger partial charge in [0.15, 0.2) is 11.2 Å². The minimum Gasteiger partial charge on any atom is -0.480 e. The van der Waals surface area contributed by atoms with Crippen LogP contribution in [0.25, 0.3) is 0 Å². The number of hydrogen-bond acceptors (Lipinski definition) is 7. The summed E-state index contributed by atoms with van der Waals surface area (Å²) in [5.74, 6) is -1.46. The number of ketones is 1. The average molecular weight is 507 g/mol. The molecule has 3 heterocycles. The summed E-state index contributed by atoms with van der Waals surface area (Å²) in [5, 5.41) is 14.6. The Morgan fingerprint density at radius 1 is 1.09 bits per heavy atom. The number of carboxylic acid groups (broad SMARTS) is 1. The number of esters is 1. The van der Waals surface area contributed by atoms with Crippen molar-refractivity contribution in [2.24, 2.45) is 0 Å². The number of rotatable bonds is 6. The molecule has 1 fully saturated rings. The fourth-order valence-corrected chi connectivity index (χ4v) is 7.46. The molecule has 2 atom stereocenters. The van der Waals surface area contributed by atoms with E-state index in [9.17, 15) is 19.5 Å². The first-order valence-electron chi connectivity index (χ1n) is 11.1. The van der Waals surface area contributed by atoms with Gasteiger partial charge in [0.25, 0.3) is 0 Å². The number of allylic oxidation sites excluding steroid dienone is 1. The SMILES string of the molecule is CCOC(=O)c1ccc(C2(C(=O)O)C(=O)CSC2(c2ccsc2)c2ccc3c(c2)OC=CC3)cc1. The highest BCUT2D eigenvalue weighted by Crippen LogP contribution is 2.62.